The molecule has 0 spiro atoms. The van der Waals surface area contributed by atoms with Crippen molar-refractivity contribution in [1.29, 1.82) is 0 Å². The van der Waals surface area contributed by atoms with Gasteiger partial charge in [0.15, 0.2) is 5.82 Å². The molecule has 33 heavy (non-hydrogen) atoms. The van der Waals surface area contributed by atoms with Crippen LogP contribution in [0.2, 0.25) is 0 Å². The minimum atomic E-state index is -0.327. The fourth-order valence-electron chi connectivity index (χ4n) is 4.59. The highest BCUT2D eigenvalue weighted by Gasteiger charge is 2.26. The lowest BCUT2D eigenvalue weighted by Crippen LogP contribution is -2.35. The molecule has 6 rings (SSSR count). The highest BCUT2D eigenvalue weighted by molar-refractivity contribution is 5.91. The van der Waals surface area contributed by atoms with E-state index in [9.17, 15) is 9.50 Å². The lowest BCUT2D eigenvalue weighted by molar-refractivity contribution is 0.368. The highest BCUT2D eigenvalue weighted by Crippen LogP contribution is 2.34. The Morgan fingerprint density at radius 1 is 0.879 bits per heavy atom. The molecule has 1 fully saturated rings. The average Bonchev–Trinajstić information content (AvgIpc) is 3.28. The van der Waals surface area contributed by atoms with E-state index in [1.807, 2.05) is 35.0 Å². The molecule has 0 amide bonds. The molecule has 2 aromatic heterocycles. The van der Waals surface area contributed by atoms with E-state index in [0.29, 0.717) is 28.1 Å². The van der Waals surface area contributed by atoms with Crippen LogP contribution in [-0.4, -0.2) is 43.2 Å². The molecule has 0 atom stereocenters. The van der Waals surface area contributed by atoms with E-state index in [1.54, 1.807) is 24.3 Å². The number of rotatable bonds is 3. The third-order valence-corrected chi connectivity index (χ3v) is 6.27. The van der Waals surface area contributed by atoms with Crippen LogP contribution in [0.5, 0.6) is 5.75 Å². The first-order valence-electron chi connectivity index (χ1n) is 11.0. The van der Waals surface area contributed by atoms with Crippen molar-refractivity contribution in [1.82, 2.24) is 25.0 Å². The fraction of sp³-hybridized carbons (Fsp3) is 0.200. The summed E-state index contributed by atoms with van der Waals surface area (Å²) in [6, 6.07) is 19.7. The fourth-order valence-corrected chi connectivity index (χ4v) is 4.59. The van der Waals surface area contributed by atoms with Gasteiger partial charge in [-0.2, -0.15) is 0 Å². The number of aromatic hydroxyl groups is 1. The number of piperidine rings is 1. The molecule has 8 heteroatoms. The van der Waals surface area contributed by atoms with E-state index >= 15 is 0 Å². The van der Waals surface area contributed by atoms with Crippen LogP contribution in [0.4, 0.5) is 10.2 Å². The maximum atomic E-state index is 14.1. The molecule has 5 aromatic rings. The largest absolute Gasteiger partial charge is 0.507 e. The van der Waals surface area contributed by atoms with Crippen molar-refractivity contribution in [3.63, 3.8) is 0 Å². The smallest absolute Gasteiger partial charge is 0.165 e. The normalized spacial score (nSPS) is 14.9. The van der Waals surface area contributed by atoms with Gasteiger partial charge >= 0.3 is 0 Å². The summed E-state index contributed by atoms with van der Waals surface area (Å²) < 4.78 is 16.1. The minimum absolute atomic E-state index is 0.113. The summed E-state index contributed by atoms with van der Waals surface area (Å²) in [4.78, 5) is 11.6. The molecular weight excluding hydrogens is 419 g/mol. The Labute approximate surface area is 189 Å². The monoisotopic (exact) mass is 440 g/mol. The van der Waals surface area contributed by atoms with Gasteiger partial charge < -0.3 is 10.0 Å². The maximum Gasteiger partial charge on any atom is 0.165 e. The molecule has 0 bridgehead atoms. The van der Waals surface area contributed by atoms with Crippen molar-refractivity contribution in [2.24, 2.45) is 0 Å². The van der Waals surface area contributed by atoms with Gasteiger partial charge in [-0.1, -0.05) is 29.5 Å². The molecule has 0 unspecified atom stereocenters. The number of benzene rings is 3. The van der Waals surface area contributed by atoms with Gasteiger partial charge in [-0.25, -0.2) is 19.0 Å². The summed E-state index contributed by atoms with van der Waals surface area (Å²) in [5.41, 5.74) is 3.12. The van der Waals surface area contributed by atoms with Crippen LogP contribution in [0, 0.1) is 5.82 Å². The van der Waals surface area contributed by atoms with Crippen molar-refractivity contribution in [3.8, 4) is 17.1 Å². The van der Waals surface area contributed by atoms with Crippen molar-refractivity contribution >= 4 is 27.8 Å². The van der Waals surface area contributed by atoms with Gasteiger partial charge in [-0.15, -0.1) is 5.10 Å². The van der Waals surface area contributed by atoms with Gasteiger partial charge in [-0.3, -0.25) is 0 Å². The Hall–Kier alpha value is -4.07. The van der Waals surface area contributed by atoms with E-state index in [1.165, 1.54) is 12.1 Å². The second-order valence-electron chi connectivity index (χ2n) is 8.29. The Morgan fingerprint density at radius 2 is 1.67 bits per heavy atom. The number of hydrogen-bond acceptors (Lipinski definition) is 6. The maximum absolute atomic E-state index is 14.1. The second-order valence-corrected chi connectivity index (χ2v) is 8.29. The summed E-state index contributed by atoms with van der Waals surface area (Å²) in [7, 11) is 0. The number of hydrogen-bond donors (Lipinski definition) is 1. The molecule has 1 N–H and O–H groups in total. The molecule has 3 aromatic carbocycles. The minimum Gasteiger partial charge on any atom is -0.507 e. The predicted octanol–water partition coefficient (Wildman–Crippen LogP) is 4.73. The summed E-state index contributed by atoms with van der Waals surface area (Å²) >= 11 is 0. The summed E-state index contributed by atoms with van der Waals surface area (Å²) in [5.74, 6) is 0.888. The lowest BCUT2D eigenvalue weighted by atomic mass is 10.0. The van der Waals surface area contributed by atoms with Gasteiger partial charge in [0.05, 0.1) is 22.6 Å². The third-order valence-electron chi connectivity index (χ3n) is 6.27. The van der Waals surface area contributed by atoms with Crippen LogP contribution in [0.1, 0.15) is 18.9 Å². The van der Waals surface area contributed by atoms with Gasteiger partial charge in [-0.05, 0) is 55.3 Å². The summed E-state index contributed by atoms with van der Waals surface area (Å²) in [5, 5.41) is 19.7. The molecule has 1 aliphatic heterocycles. The van der Waals surface area contributed by atoms with E-state index in [-0.39, 0.29) is 17.6 Å². The highest BCUT2D eigenvalue weighted by atomic mass is 19.1. The van der Waals surface area contributed by atoms with Crippen LogP contribution in [0.3, 0.4) is 0 Å². The summed E-state index contributed by atoms with van der Waals surface area (Å²) in [6.45, 7) is 1.48. The molecule has 0 radical (unpaired) electrons. The molecule has 3 heterocycles. The SMILES string of the molecule is Oc1ccccc1-c1nc(N2CCC(n3nnc4ccccc43)CC2)c2cc(F)ccc2n1. The first-order valence-corrected chi connectivity index (χ1v) is 11.0. The number of anilines is 1. The van der Waals surface area contributed by atoms with Crippen LogP contribution >= 0.6 is 0 Å². The van der Waals surface area contributed by atoms with Crippen molar-refractivity contribution in [2.75, 3.05) is 18.0 Å². The zero-order valence-electron chi connectivity index (χ0n) is 17.8. The predicted molar refractivity (Wildman–Crippen MR) is 125 cm³/mol. The zero-order valence-corrected chi connectivity index (χ0v) is 17.8. The zero-order chi connectivity index (χ0) is 22.4. The molecule has 7 nitrogen and oxygen atoms in total. The Balaban J connectivity index is 1.36. The molecule has 0 aliphatic carbocycles. The number of fused-ring (bicyclic) bond motifs is 2. The van der Waals surface area contributed by atoms with E-state index in [0.717, 1.165) is 37.0 Å². The molecule has 164 valence electrons. The van der Waals surface area contributed by atoms with Crippen LogP contribution in [-0.2, 0) is 0 Å². The standard InChI is InChI=1S/C25H21FN6O/c26-16-9-10-20-19(15-16)25(28-24(27-20)18-5-1-4-8-23(18)33)31-13-11-17(12-14-31)32-22-7-3-2-6-21(22)29-30-32/h1-10,15,17,33H,11-14H2. The lowest BCUT2D eigenvalue weighted by Gasteiger charge is -2.33. The topological polar surface area (TPSA) is 80.0 Å². The van der Waals surface area contributed by atoms with Crippen LogP contribution < -0.4 is 4.90 Å². The quantitative estimate of drug-likeness (QED) is 0.437. The average molecular weight is 440 g/mol. The van der Waals surface area contributed by atoms with Gasteiger partial charge in [0.2, 0.25) is 0 Å². The second kappa shape index (κ2) is 7.81. The summed E-state index contributed by atoms with van der Waals surface area (Å²) in [6.07, 6.45) is 1.72. The third kappa shape index (κ3) is 3.44. The number of aromatic nitrogens is 5. The van der Waals surface area contributed by atoms with Gasteiger partial charge in [0.1, 0.15) is 22.9 Å². The van der Waals surface area contributed by atoms with Crippen molar-refractivity contribution in [3.05, 3.63) is 72.5 Å². The number of nitrogens with zero attached hydrogens (tertiary/aromatic N) is 6. The van der Waals surface area contributed by atoms with Crippen LogP contribution in [0.25, 0.3) is 33.3 Å². The Morgan fingerprint density at radius 3 is 2.52 bits per heavy atom. The van der Waals surface area contributed by atoms with Crippen molar-refractivity contribution in [2.45, 2.75) is 18.9 Å². The van der Waals surface area contributed by atoms with Crippen LogP contribution in [0.15, 0.2) is 66.7 Å². The molecule has 1 aliphatic rings. The van der Waals surface area contributed by atoms with E-state index in [4.69, 9.17) is 4.98 Å². The molecular formula is C25H21FN6O. The Bertz CT molecular complexity index is 1470. The first-order chi connectivity index (χ1) is 16.2. The first kappa shape index (κ1) is 19.6. The van der Waals surface area contributed by atoms with Gasteiger partial charge in [0, 0.05) is 18.5 Å². The molecule has 0 saturated carbocycles. The number of halogens is 1. The number of para-hydroxylation sites is 2. The number of phenols is 1. The van der Waals surface area contributed by atoms with Crippen molar-refractivity contribution < 1.29 is 9.50 Å². The number of phenolic OH excluding ortho intramolecular Hbond substituents is 1. The van der Waals surface area contributed by atoms with Gasteiger partial charge in [0.25, 0.3) is 0 Å². The molecule has 1 saturated heterocycles. The van der Waals surface area contributed by atoms with E-state index < -0.39 is 0 Å². The van der Waals surface area contributed by atoms with E-state index in [2.05, 4.69) is 20.2 Å². The Kier molecular flexibility index (Phi) is 4.64.